The Hall–Kier alpha value is -4.13. The van der Waals surface area contributed by atoms with Crippen LogP contribution >= 0.6 is 0 Å². The van der Waals surface area contributed by atoms with Gasteiger partial charge in [-0.3, -0.25) is 9.59 Å². The quantitative estimate of drug-likeness (QED) is 0.504. The van der Waals surface area contributed by atoms with E-state index < -0.39 is 30.4 Å². The number of rotatable bonds is 7. The van der Waals surface area contributed by atoms with Gasteiger partial charge in [-0.05, 0) is 41.3 Å². The number of carboxylic acid groups (broad SMARTS) is 1. The fourth-order valence-electron chi connectivity index (χ4n) is 4.03. The number of benzene rings is 3. The number of aliphatic carboxylic acids is 1. The third-order valence-corrected chi connectivity index (χ3v) is 5.65. The first kappa shape index (κ1) is 22.1. The lowest BCUT2D eigenvalue weighted by atomic mass is 9.98. The van der Waals surface area contributed by atoms with Crippen LogP contribution in [0.5, 0.6) is 0 Å². The first-order valence-corrected chi connectivity index (χ1v) is 10.6. The minimum absolute atomic E-state index is 0.0687. The van der Waals surface area contributed by atoms with Gasteiger partial charge < -0.3 is 20.5 Å². The Balaban J connectivity index is 1.42. The van der Waals surface area contributed by atoms with Crippen molar-refractivity contribution < 1.29 is 24.2 Å². The van der Waals surface area contributed by atoms with Crippen molar-refractivity contribution in [2.75, 3.05) is 11.9 Å². The molecule has 1 atom stereocenters. The van der Waals surface area contributed by atoms with Crippen molar-refractivity contribution in [1.29, 1.82) is 0 Å². The summed E-state index contributed by atoms with van der Waals surface area (Å²) in [4.78, 5) is 36.4. The monoisotopic (exact) mass is 444 g/mol. The zero-order chi connectivity index (χ0) is 23.4. The summed E-state index contributed by atoms with van der Waals surface area (Å²) in [6.07, 6.45) is -1.41. The molecule has 0 saturated heterocycles. The molecule has 3 N–H and O–H groups in total. The topological polar surface area (TPSA) is 105 Å². The van der Waals surface area contributed by atoms with E-state index in [1.54, 1.807) is 12.1 Å². The molecule has 2 amide bonds. The minimum atomic E-state index is -1.28. The molecule has 7 heteroatoms. The Kier molecular flexibility index (Phi) is 6.40. The summed E-state index contributed by atoms with van der Waals surface area (Å²) in [5.41, 5.74) is 5.85. The van der Waals surface area contributed by atoms with Gasteiger partial charge in [0.25, 0.3) is 0 Å². The Bertz CT molecular complexity index is 1140. The van der Waals surface area contributed by atoms with E-state index in [9.17, 15) is 19.5 Å². The fourth-order valence-corrected chi connectivity index (χ4v) is 4.03. The van der Waals surface area contributed by atoms with Gasteiger partial charge in [0.1, 0.15) is 12.6 Å². The first-order chi connectivity index (χ1) is 15.9. The van der Waals surface area contributed by atoms with Crippen LogP contribution in [-0.2, 0) is 14.3 Å². The Morgan fingerprint density at radius 3 is 2.06 bits per heavy atom. The second kappa shape index (κ2) is 9.56. The number of hydrogen-bond acceptors (Lipinski definition) is 4. The minimum Gasteiger partial charge on any atom is -0.481 e. The highest BCUT2D eigenvalue weighted by Crippen LogP contribution is 2.44. The van der Waals surface area contributed by atoms with E-state index in [0.29, 0.717) is 5.69 Å². The number of anilines is 1. The number of fused-ring (bicyclic) bond motifs is 3. The lowest BCUT2D eigenvalue weighted by Gasteiger charge is -2.19. The molecule has 1 aliphatic carbocycles. The van der Waals surface area contributed by atoms with Gasteiger partial charge in [-0.15, -0.1) is 0 Å². The van der Waals surface area contributed by atoms with Gasteiger partial charge in [-0.1, -0.05) is 66.2 Å². The van der Waals surface area contributed by atoms with Crippen molar-refractivity contribution >= 4 is 23.7 Å². The molecule has 168 valence electrons. The number of carbonyl (C=O) groups excluding carboxylic acids is 2. The smallest absolute Gasteiger partial charge is 0.407 e. The third-order valence-electron chi connectivity index (χ3n) is 5.65. The summed E-state index contributed by atoms with van der Waals surface area (Å²) >= 11 is 0. The maximum Gasteiger partial charge on any atom is 0.407 e. The molecule has 3 aromatic carbocycles. The average molecular weight is 444 g/mol. The summed E-state index contributed by atoms with van der Waals surface area (Å²) in [7, 11) is 0. The summed E-state index contributed by atoms with van der Waals surface area (Å²) in [5.74, 6) is -1.98. The van der Waals surface area contributed by atoms with Gasteiger partial charge in [0.05, 0.1) is 6.42 Å². The largest absolute Gasteiger partial charge is 0.481 e. The fraction of sp³-hybridized carbons (Fsp3) is 0.192. The van der Waals surface area contributed by atoms with Gasteiger partial charge in [-0.2, -0.15) is 0 Å². The molecule has 0 bridgehead atoms. The van der Waals surface area contributed by atoms with E-state index in [4.69, 9.17) is 4.74 Å². The van der Waals surface area contributed by atoms with Crippen molar-refractivity contribution in [3.05, 3.63) is 89.5 Å². The van der Waals surface area contributed by atoms with Crippen molar-refractivity contribution in [1.82, 2.24) is 5.32 Å². The number of nitrogens with one attached hydrogen (secondary N) is 2. The molecule has 0 spiro atoms. The van der Waals surface area contributed by atoms with Gasteiger partial charge in [0.15, 0.2) is 0 Å². The first-order valence-electron chi connectivity index (χ1n) is 10.6. The van der Waals surface area contributed by atoms with Crippen LogP contribution in [0.3, 0.4) is 0 Å². The molecule has 0 unspecified atom stereocenters. The molecule has 4 rings (SSSR count). The van der Waals surface area contributed by atoms with E-state index in [-0.39, 0.29) is 12.5 Å². The highest BCUT2D eigenvalue weighted by Gasteiger charge is 2.30. The molecule has 0 aromatic heterocycles. The van der Waals surface area contributed by atoms with E-state index in [2.05, 4.69) is 10.6 Å². The average Bonchev–Trinajstić information content (AvgIpc) is 3.12. The van der Waals surface area contributed by atoms with Crippen LogP contribution in [0.25, 0.3) is 11.1 Å². The second-order valence-corrected chi connectivity index (χ2v) is 7.98. The van der Waals surface area contributed by atoms with Crippen LogP contribution in [-0.4, -0.2) is 35.7 Å². The number of ether oxygens (including phenoxy) is 1. The zero-order valence-corrected chi connectivity index (χ0v) is 18.1. The molecule has 1 aliphatic rings. The van der Waals surface area contributed by atoms with Crippen LogP contribution in [0.1, 0.15) is 29.0 Å². The van der Waals surface area contributed by atoms with Crippen molar-refractivity contribution in [3.63, 3.8) is 0 Å². The molecule has 0 fully saturated rings. The Labute approximate surface area is 191 Å². The second-order valence-electron chi connectivity index (χ2n) is 7.98. The Morgan fingerprint density at radius 1 is 0.909 bits per heavy atom. The molecule has 0 saturated carbocycles. The molecule has 0 heterocycles. The van der Waals surface area contributed by atoms with E-state index in [1.807, 2.05) is 67.6 Å². The SMILES string of the molecule is Cc1ccc(NC(=O)[C@@H](CC(=O)O)NC(=O)OCC2c3ccccc3-c3ccccc32)cc1. The zero-order valence-electron chi connectivity index (χ0n) is 18.1. The standard InChI is InChI=1S/C26H24N2O5/c1-16-10-12-17(13-11-16)27-25(31)23(14-24(29)30)28-26(32)33-15-22-20-8-4-2-6-18(20)19-7-3-5-9-21(19)22/h2-13,22-23H,14-15H2,1H3,(H,27,31)(H,28,32)(H,29,30)/t23-/m1/s1. The van der Waals surface area contributed by atoms with Gasteiger partial charge in [-0.25, -0.2) is 4.79 Å². The van der Waals surface area contributed by atoms with Crippen LogP contribution in [0, 0.1) is 6.92 Å². The van der Waals surface area contributed by atoms with Crippen LogP contribution in [0.2, 0.25) is 0 Å². The summed E-state index contributed by atoms with van der Waals surface area (Å²) in [6.45, 7) is 1.98. The predicted octanol–water partition coefficient (Wildman–Crippen LogP) is 4.32. The predicted molar refractivity (Wildman–Crippen MR) is 124 cm³/mol. The van der Waals surface area contributed by atoms with E-state index >= 15 is 0 Å². The number of carboxylic acids is 1. The van der Waals surface area contributed by atoms with Crippen LogP contribution < -0.4 is 10.6 Å². The van der Waals surface area contributed by atoms with Gasteiger partial charge in [0.2, 0.25) is 5.91 Å². The molecular weight excluding hydrogens is 420 g/mol. The normalized spacial score (nSPS) is 12.9. The number of carbonyl (C=O) groups is 3. The lowest BCUT2D eigenvalue weighted by Crippen LogP contribution is -2.45. The maximum absolute atomic E-state index is 12.6. The van der Waals surface area contributed by atoms with Crippen molar-refractivity contribution in [2.24, 2.45) is 0 Å². The number of hydrogen-bond donors (Lipinski definition) is 3. The number of amides is 2. The molecule has 3 aromatic rings. The van der Waals surface area contributed by atoms with Gasteiger partial charge >= 0.3 is 12.1 Å². The molecule has 0 aliphatic heterocycles. The molecule has 33 heavy (non-hydrogen) atoms. The van der Waals surface area contributed by atoms with Crippen LogP contribution in [0.15, 0.2) is 72.8 Å². The van der Waals surface area contributed by atoms with Crippen LogP contribution in [0.4, 0.5) is 10.5 Å². The number of alkyl carbamates (subject to hydrolysis) is 1. The summed E-state index contributed by atoms with van der Waals surface area (Å²) in [6, 6.07) is 21.7. The molecule has 7 nitrogen and oxygen atoms in total. The number of aryl methyl sites for hydroxylation is 1. The molecular formula is C26H24N2O5. The highest BCUT2D eigenvalue weighted by molar-refractivity contribution is 5.98. The molecule has 0 radical (unpaired) electrons. The van der Waals surface area contributed by atoms with Crippen molar-refractivity contribution in [3.8, 4) is 11.1 Å². The summed E-state index contributed by atoms with van der Waals surface area (Å²) < 4.78 is 5.44. The van der Waals surface area contributed by atoms with E-state index in [0.717, 1.165) is 27.8 Å². The maximum atomic E-state index is 12.6. The third kappa shape index (κ3) is 5.03. The highest BCUT2D eigenvalue weighted by atomic mass is 16.5. The van der Waals surface area contributed by atoms with Crippen molar-refractivity contribution in [2.45, 2.75) is 25.3 Å². The van der Waals surface area contributed by atoms with E-state index in [1.165, 1.54) is 0 Å². The van der Waals surface area contributed by atoms with Gasteiger partial charge in [0, 0.05) is 11.6 Å². The lowest BCUT2D eigenvalue weighted by molar-refractivity contribution is -0.139. The Morgan fingerprint density at radius 2 is 1.48 bits per heavy atom. The summed E-state index contributed by atoms with van der Waals surface area (Å²) in [5, 5.41) is 14.2.